The van der Waals surface area contributed by atoms with E-state index < -0.39 is 0 Å². The summed E-state index contributed by atoms with van der Waals surface area (Å²) in [6.45, 7) is 2.40. The highest BCUT2D eigenvalue weighted by atomic mass is 35.5. The van der Waals surface area contributed by atoms with Crippen molar-refractivity contribution in [2.24, 2.45) is 0 Å². The maximum atomic E-state index is 12.3. The van der Waals surface area contributed by atoms with Crippen LogP contribution in [0.25, 0.3) is 0 Å². The zero-order valence-electron chi connectivity index (χ0n) is 10.6. The first-order valence-electron chi connectivity index (χ1n) is 5.54. The van der Waals surface area contributed by atoms with E-state index >= 15 is 0 Å². The number of anilines is 1. The molecule has 0 saturated heterocycles. The molecular weight excluding hydrogens is 284 g/mol. The van der Waals surface area contributed by atoms with Gasteiger partial charge in [-0.2, -0.15) is 0 Å². The number of hydrogen-bond acceptors (Lipinski definition) is 5. The van der Waals surface area contributed by atoms with Gasteiger partial charge in [-0.15, -0.1) is 11.3 Å². The van der Waals surface area contributed by atoms with Gasteiger partial charge in [-0.25, -0.2) is 9.97 Å². The van der Waals surface area contributed by atoms with Crippen molar-refractivity contribution in [3.05, 3.63) is 39.1 Å². The zero-order chi connectivity index (χ0) is 14.0. The third-order valence-corrected chi connectivity index (χ3v) is 3.88. The molecule has 2 aromatic rings. The molecule has 0 aliphatic carbocycles. The van der Waals surface area contributed by atoms with Gasteiger partial charge in [0.05, 0.1) is 35.2 Å². The molecule has 0 aliphatic heterocycles. The van der Waals surface area contributed by atoms with Gasteiger partial charge in [-0.05, 0) is 13.0 Å². The van der Waals surface area contributed by atoms with Crippen molar-refractivity contribution >= 4 is 34.5 Å². The second-order valence-corrected chi connectivity index (χ2v) is 5.43. The number of thiazole rings is 1. The first-order chi connectivity index (χ1) is 8.99. The normalized spacial score (nSPS) is 10.5. The number of carbonyl (C=O) groups excluding carboxylic acids is 1. The lowest BCUT2D eigenvalue weighted by atomic mass is 10.2. The van der Waals surface area contributed by atoms with Gasteiger partial charge in [0.15, 0.2) is 0 Å². The van der Waals surface area contributed by atoms with Crippen molar-refractivity contribution in [3.8, 4) is 0 Å². The van der Waals surface area contributed by atoms with Gasteiger partial charge < -0.3 is 10.6 Å². The Kier molecular flexibility index (Phi) is 4.01. The topological polar surface area (TPSA) is 72.1 Å². The molecule has 1 amide bonds. The molecule has 19 heavy (non-hydrogen) atoms. The van der Waals surface area contributed by atoms with E-state index in [0.717, 1.165) is 10.6 Å². The quantitative estimate of drug-likeness (QED) is 0.883. The summed E-state index contributed by atoms with van der Waals surface area (Å²) >= 11 is 7.44. The molecular formula is C12H13ClN4OS. The smallest absolute Gasteiger partial charge is 0.257 e. The van der Waals surface area contributed by atoms with E-state index in [1.807, 2.05) is 6.92 Å². The molecule has 0 fully saturated rings. The highest BCUT2D eigenvalue weighted by Gasteiger charge is 2.17. The molecule has 2 heterocycles. The second kappa shape index (κ2) is 5.54. The van der Waals surface area contributed by atoms with Gasteiger partial charge in [-0.3, -0.25) is 4.79 Å². The highest BCUT2D eigenvalue weighted by Crippen LogP contribution is 2.20. The number of amides is 1. The van der Waals surface area contributed by atoms with E-state index in [1.165, 1.54) is 23.6 Å². The number of nitrogens with two attached hydrogens (primary N) is 1. The number of pyridine rings is 1. The monoisotopic (exact) mass is 296 g/mol. The Morgan fingerprint density at radius 3 is 2.89 bits per heavy atom. The summed E-state index contributed by atoms with van der Waals surface area (Å²) in [5.41, 5.74) is 9.04. The van der Waals surface area contributed by atoms with Crippen LogP contribution >= 0.6 is 22.9 Å². The molecule has 5 nitrogen and oxygen atoms in total. The Morgan fingerprint density at radius 1 is 1.53 bits per heavy atom. The summed E-state index contributed by atoms with van der Waals surface area (Å²) < 4.78 is 0. The Morgan fingerprint density at radius 2 is 2.26 bits per heavy atom. The number of aromatic nitrogens is 2. The molecule has 2 aromatic heterocycles. The summed E-state index contributed by atoms with van der Waals surface area (Å²) in [7, 11) is 1.71. The van der Waals surface area contributed by atoms with E-state index in [1.54, 1.807) is 17.5 Å². The minimum Gasteiger partial charge on any atom is -0.397 e. The largest absolute Gasteiger partial charge is 0.397 e. The standard InChI is InChI=1S/C12H13ClN4OS/c1-7-10(19-6-16-7)5-17(2)12(18)9-3-8(14)4-15-11(9)13/h3-4,6H,5,14H2,1-2H3. The molecule has 100 valence electrons. The van der Waals surface area contributed by atoms with Gasteiger partial charge in [0.25, 0.3) is 5.91 Å². The Labute approximate surface area is 120 Å². The summed E-state index contributed by atoms with van der Waals surface area (Å²) in [6, 6.07) is 1.54. The molecule has 0 aromatic carbocycles. The van der Waals surface area contributed by atoms with E-state index in [4.69, 9.17) is 17.3 Å². The third-order valence-electron chi connectivity index (χ3n) is 2.66. The first-order valence-corrected chi connectivity index (χ1v) is 6.80. The van der Waals surface area contributed by atoms with E-state index in [9.17, 15) is 4.79 Å². The SMILES string of the molecule is Cc1ncsc1CN(C)C(=O)c1cc(N)cnc1Cl. The van der Waals surface area contributed by atoms with Gasteiger partial charge in [0.1, 0.15) is 5.15 Å². The lowest BCUT2D eigenvalue weighted by Gasteiger charge is -2.17. The van der Waals surface area contributed by atoms with Gasteiger partial charge >= 0.3 is 0 Å². The van der Waals surface area contributed by atoms with Crippen molar-refractivity contribution in [2.75, 3.05) is 12.8 Å². The fraction of sp³-hybridized carbons (Fsp3) is 0.250. The average Bonchev–Trinajstić information content (AvgIpc) is 2.77. The van der Waals surface area contributed by atoms with Crippen LogP contribution in [0.2, 0.25) is 5.15 Å². The minimum absolute atomic E-state index is 0.159. The number of nitrogen functional groups attached to an aromatic ring is 1. The Hall–Kier alpha value is -1.66. The number of halogens is 1. The number of carbonyl (C=O) groups is 1. The molecule has 0 aliphatic rings. The fourth-order valence-electron chi connectivity index (χ4n) is 1.59. The molecule has 0 saturated carbocycles. The lowest BCUT2D eigenvalue weighted by Crippen LogP contribution is -2.26. The van der Waals surface area contributed by atoms with Crippen LogP contribution in [0.3, 0.4) is 0 Å². The summed E-state index contributed by atoms with van der Waals surface area (Å²) in [4.78, 5) is 22.9. The van der Waals surface area contributed by atoms with Crippen LogP contribution in [-0.4, -0.2) is 27.8 Å². The van der Waals surface area contributed by atoms with Gasteiger partial charge in [0, 0.05) is 11.9 Å². The Bertz CT molecular complexity index is 614. The van der Waals surface area contributed by atoms with Crippen molar-refractivity contribution < 1.29 is 4.79 Å². The number of hydrogen-bond donors (Lipinski definition) is 1. The molecule has 0 bridgehead atoms. The van der Waals surface area contributed by atoms with Gasteiger partial charge in [0.2, 0.25) is 0 Å². The lowest BCUT2D eigenvalue weighted by molar-refractivity contribution is 0.0786. The number of nitrogens with zero attached hydrogens (tertiary/aromatic N) is 3. The first kappa shape index (κ1) is 13.8. The van der Waals surface area contributed by atoms with Crippen LogP contribution in [0.4, 0.5) is 5.69 Å². The van der Waals surface area contributed by atoms with Crippen molar-refractivity contribution in [1.82, 2.24) is 14.9 Å². The number of rotatable bonds is 3. The molecule has 7 heteroatoms. The Balaban J connectivity index is 2.19. The predicted octanol–water partition coefficient (Wildman–Crippen LogP) is 2.35. The van der Waals surface area contributed by atoms with E-state index in [-0.39, 0.29) is 11.1 Å². The minimum atomic E-state index is -0.211. The molecule has 0 unspecified atom stereocenters. The summed E-state index contributed by atoms with van der Waals surface area (Å²) in [5, 5.41) is 0.159. The zero-order valence-corrected chi connectivity index (χ0v) is 12.1. The molecule has 2 rings (SSSR count). The van der Waals surface area contributed by atoms with Crippen LogP contribution in [0.5, 0.6) is 0 Å². The van der Waals surface area contributed by atoms with Crippen LogP contribution in [0.15, 0.2) is 17.8 Å². The average molecular weight is 297 g/mol. The fourth-order valence-corrected chi connectivity index (χ4v) is 2.60. The van der Waals surface area contributed by atoms with Crippen molar-refractivity contribution in [1.29, 1.82) is 0 Å². The molecule has 0 spiro atoms. The third kappa shape index (κ3) is 3.02. The van der Waals surface area contributed by atoms with E-state index in [2.05, 4.69) is 9.97 Å². The van der Waals surface area contributed by atoms with E-state index in [0.29, 0.717) is 17.8 Å². The van der Waals surface area contributed by atoms with Crippen LogP contribution in [0, 0.1) is 6.92 Å². The maximum absolute atomic E-state index is 12.3. The van der Waals surface area contributed by atoms with Crippen LogP contribution in [0.1, 0.15) is 20.9 Å². The van der Waals surface area contributed by atoms with Gasteiger partial charge in [-0.1, -0.05) is 11.6 Å². The van der Waals surface area contributed by atoms with Crippen LogP contribution in [-0.2, 0) is 6.54 Å². The van der Waals surface area contributed by atoms with Crippen molar-refractivity contribution in [2.45, 2.75) is 13.5 Å². The molecule has 0 atom stereocenters. The van der Waals surface area contributed by atoms with Crippen LogP contribution < -0.4 is 5.73 Å². The second-order valence-electron chi connectivity index (χ2n) is 4.13. The molecule has 2 N–H and O–H groups in total. The van der Waals surface area contributed by atoms with Crippen molar-refractivity contribution in [3.63, 3.8) is 0 Å². The predicted molar refractivity (Wildman–Crippen MR) is 76.3 cm³/mol. The summed E-state index contributed by atoms with van der Waals surface area (Å²) in [5.74, 6) is -0.211. The number of aryl methyl sites for hydroxylation is 1. The maximum Gasteiger partial charge on any atom is 0.257 e. The molecule has 0 radical (unpaired) electrons. The highest BCUT2D eigenvalue weighted by molar-refractivity contribution is 7.09. The summed E-state index contributed by atoms with van der Waals surface area (Å²) in [6.07, 6.45) is 1.42.